The summed E-state index contributed by atoms with van der Waals surface area (Å²) in [7, 11) is 0. The molecule has 0 radical (unpaired) electrons. The van der Waals surface area contributed by atoms with Gasteiger partial charge in [-0.05, 0) is 42.7 Å². The molecule has 2 N–H and O–H groups in total. The topological polar surface area (TPSA) is 50.7 Å². The first-order valence-electron chi connectivity index (χ1n) is 7.06. The first kappa shape index (κ1) is 13.6. The van der Waals surface area contributed by atoms with Crippen molar-refractivity contribution in [2.75, 3.05) is 18.5 Å². The maximum atomic E-state index is 9.80. The molecule has 0 aromatic heterocycles. The largest absolute Gasteiger partial charge is 0.507 e. The molecule has 1 aliphatic heterocycles. The molecule has 1 heterocycles. The molecule has 110 valence electrons. The maximum absolute atomic E-state index is 9.80. The normalized spacial score (nSPS) is 13.0. The number of rotatable bonds is 3. The van der Waals surface area contributed by atoms with Crippen LogP contribution in [0.2, 0.25) is 0 Å². The molecular formula is C17H19NO3. The van der Waals surface area contributed by atoms with Crippen molar-refractivity contribution in [2.45, 2.75) is 20.4 Å². The Balaban J connectivity index is 1.73. The smallest absolute Gasteiger partial charge is 0.163 e. The van der Waals surface area contributed by atoms with Gasteiger partial charge in [0.25, 0.3) is 0 Å². The van der Waals surface area contributed by atoms with Crippen molar-refractivity contribution in [3.05, 3.63) is 47.0 Å². The van der Waals surface area contributed by atoms with Gasteiger partial charge in [0, 0.05) is 18.3 Å². The fourth-order valence-electron chi connectivity index (χ4n) is 2.51. The Bertz CT molecular complexity index is 644. The van der Waals surface area contributed by atoms with Crippen LogP contribution in [0.4, 0.5) is 5.69 Å². The van der Waals surface area contributed by atoms with Crippen LogP contribution in [0.25, 0.3) is 0 Å². The SMILES string of the molecule is Cc1cc(CNc2ccc3c(c2)OCCO3)cc(C)c1O. The average Bonchev–Trinajstić information content (AvgIpc) is 2.50. The Hall–Kier alpha value is -2.36. The number of fused-ring (bicyclic) bond motifs is 1. The number of phenolic OH excluding ortho intramolecular Hbond substituents is 1. The minimum Gasteiger partial charge on any atom is -0.507 e. The molecule has 0 atom stereocenters. The second kappa shape index (κ2) is 5.56. The molecule has 0 unspecified atom stereocenters. The molecule has 4 heteroatoms. The van der Waals surface area contributed by atoms with Crippen molar-refractivity contribution in [2.24, 2.45) is 0 Å². The van der Waals surface area contributed by atoms with Crippen molar-refractivity contribution in [1.82, 2.24) is 0 Å². The second-order valence-corrected chi connectivity index (χ2v) is 5.29. The first-order chi connectivity index (χ1) is 10.1. The standard InChI is InChI=1S/C17H19NO3/c1-11-7-13(8-12(2)17(11)19)10-18-14-3-4-15-16(9-14)21-6-5-20-15/h3-4,7-9,18-19H,5-6,10H2,1-2H3. The van der Waals surface area contributed by atoms with Crippen LogP contribution in [0.15, 0.2) is 30.3 Å². The lowest BCUT2D eigenvalue weighted by Crippen LogP contribution is -2.15. The van der Waals surface area contributed by atoms with E-state index in [4.69, 9.17) is 9.47 Å². The van der Waals surface area contributed by atoms with E-state index in [1.54, 1.807) is 0 Å². The van der Waals surface area contributed by atoms with Crippen molar-refractivity contribution in [3.63, 3.8) is 0 Å². The molecule has 2 aromatic rings. The lowest BCUT2D eigenvalue weighted by Gasteiger charge is -2.19. The molecule has 3 rings (SSSR count). The molecule has 0 aliphatic carbocycles. The number of benzene rings is 2. The summed E-state index contributed by atoms with van der Waals surface area (Å²) >= 11 is 0. The summed E-state index contributed by atoms with van der Waals surface area (Å²) in [6.45, 7) is 5.71. The van der Waals surface area contributed by atoms with Crippen LogP contribution in [0.1, 0.15) is 16.7 Å². The molecule has 0 fully saturated rings. The van der Waals surface area contributed by atoms with Gasteiger partial charge in [0.2, 0.25) is 0 Å². The molecule has 2 aromatic carbocycles. The minimum atomic E-state index is 0.373. The summed E-state index contributed by atoms with van der Waals surface area (Å²) in [4.78, 5) is 0. The number of aryl methyl sites for hydroxylation is 2. The predicted octanol–water partition coefficient (Wildman–Crippen LogP) is 3.39. The van der Waals surface area contributed by atoms with Gasteiger partial charge in [0.15, 0.2) is 11.5 Å². The highest BCUT2D eigenvalue weighted by atomic mass is 16.6. The van der Waals surface area contributed by atoms with E-state index in [9.17, 15) is 5.11 Å². The lowest BCUT2D eigenvalue weighted by molar-refractivity contribution is 0.171. The molecule has 21 heavy (non-hydrogen) atoms. The number of hydrogen-bond donors (Lipinski definition) is 2. The van der Waals surface area contributed by atoms with E-state index in [-0.39, 0.29) is 0 Å². The third kappa shape index (κ3) is 2.89. The summed E-state index contributed by atoms with van der Waals surface area (Å²) in [5.41, 5.74) is 3.92. The molecule has 1 aliphatic rings. The van der Waals surface area contributed by atoms with Gasteiger partial charge in [-0.15, -0.1) is 0 Å². The van der Waals surface area contributed by atoms with Crippen LogP contribution in [0.5, 0.6) is 17.2 Å². The molecular weight excluding hydrogens is 266 g/mol. The third-order valence-corrected chi connectivity index (χ3v) is 3.59. The average molecular weight is 285 g/mol. The third-order valence-electron chi connectivity index (χ3n) is 3.59. The van der Waals surface area contributed by atoms with Crippen LogP contribution in [0.3, 0.4) is 0 Å². The Morgan fingerprint density at radius 1 is 1.00 bits per heavy atom. The fourth-order valence-corrected chi connectivity index (χ4v) is 2.51. The molecule has 4 nitrogen and oxygen atoms in total. The lowest BCUT2D eigenvalue weighted by atomic mass is 10.1. The van der Waals surface area contributed by atoms with E-state index in [0.717, 1.165) is 33.9 Å². The Morgan fingerprint density at radius 3 is 2.38 bits per heavy atom. The molecule has 0 saturated heterocycles. The predicted molar refractivity (Wildman–Crippen MR) is 82.3 cm³/mol. The summed E-state index contributed by atoms with van der Waals surface area (Å²) in [6.07, 6.45) is 0. The Labute approximate surface area is 124 Å². The second-order valence-electron chi connectivity index (χ2n) is 5.29. The maximum Gasteiger partial charge on any atom is 0.163 e. The highest BCUT2D eigenvalue weighted by molar-refractivity contribution is 5.55. The van der Waals surface area contributed by atoms with Gasteiger partial charge in [-0.2, -0.15) is 0 Å². The van der Waals surface area contributed by atoms with Crippen molar-refractivity contribution >= 4 is 5.69 Å². The van der Waals surface area contributed by atoms with E-state index in [2.05, 4.69) is 5.32 Å². The number of anilines is 1. The van der Waals surface area contributed by atoms with E-state index < -0.39 is 0 Å². The summed E-state index contributed by atoms with van der Waals surface area (Å²) in [5.74, 6) is 1.95. The molecule has 0 bridgehead atoms. The quantitative estimate of drug-likeness (QED) is 0.907. The number of nitrogens with one attached hydrogen (secondary N) is 1. The Kier molecular flexibility index (Phi) is 3.60. The van der Waals surface area contributed by atoms with Gasteiger partial charge in [0.1, 0.15) is 19.0 Å². The van der Waals surface area contributed by atoms with Crippen LogP contribution < -0.4 is 14.8 Å². The van der Waals surface area contributed by atoms with Gasteiger partial charge in [-0.25, -0.2) is 0 Å². The molecule has 0 amide bonds. The van der Waals surface area contributed by atoms with Crippen molar-refractivity contribution in [1.29, 1.82) is 0 Å². The number of aromatic hydroxyl groups is 1. The minimum absolute atomic E-state index is 0.373. The number of phenols is 1. The fraction of sp³-hybridized carbons (Fsp3) is 0.294. The summed E-state index contributed by atoms with van der Waals surface area (Å²) in [6, 6.07) is 9.84. The zero-order valence-electron chi connectivity index (χ0n) is 12.3. The van der Waals surface area contributed by atoms with Crippen LogP contribution in [-0.2, 0) is 6.54 Å². The van der Waals surface area contributed by atoms with Gasteiger partial charge in [-0.3, -0.25) is 0 Å². The van der Waals surface area contributed by atoms with E-state index >= 15 is 0 Å². The monoisotopic (exact) mass is 285 g/mol. The van der Waals surface area contributed by atoms with Gasteiger partial charge < -0.3 is 19.9 Å². The number of hydrogen-bond acceptors (Lipinski definition) is 4. The molecule has 0 saturated carbocycles. The zero-order valence-corrected chi connectivity index (χ0v) is 12.3. The van der Waals surface area contributed by atoms with Gasteiger partial charge >= 0.3 is 0 Å². The Morgan fingerprint density at radius 2 is 1.67 bits per heavy atom. The first-order valence-corrected chi connectivity index (χ1v) is 7.06. The van der Waals surface area contributed by atoms with Crippen LogP contribution in [0, 0.1) is 13.8 Å². The number of ether oxygens (including phenoxy) is 2. The molecule has 0 spiro atoms. The highest BCUT2D eigenvalue weighted by Gasteiger charge is 2.11. The van der Waals surface area contributed by atoms with Crippen LogP contribution in [-0.4, -0.2) is 18.3 Å². The van der Waals surface area contributed by atoms with E-state index in [1.165, 1.54) is 0 Å². The highest BCUT2D eigenvalue weighted by Crippen LogP contribution is 2.32. The van der Waals surface area contributed by atoms with Crippen molar-refractivity contribution < 1.29 is 14.6 Å². The zero-order chi connectivity index (χ0) is 14.8. The van der Waals surface area contributed by atoms with Crippen LogP contribution >= 0.6 is 0 Å². The van der Waals surface area contributed by atoms with Gasteiger partial charge in [0.05, 0.1) is 0 Å². The van der Waals surface area contributed by atoms with Crippen molar-refractivity contribution in [3.8, 4) is 17.2 Å². The summed E-state index contributed by atoms with van der Waals surface area (Å²) in [5, 5.41) is 13.2. The van der Waals surface area contributed by atoms with Gasteiger partial charge in [-0.1, -0.05) is 12.1 Å². The van der Waals surface area contributed by atoms with E-state index in [1.807, 2.05) is 44.2 Å². The summed E-state index contributed by atoms with van der Waals surface area (Å²) < 4.78 is 11.1. The van der Waals surface area contributed by atoms with E-state index in [0.29, 0.717) is 25.5 Å².